The van der Waals surface area contributed by atoms with Crippen LogP contribution < -0.4 is 4.74 Å². The number of hydrogen-bond acceptors (Lipinski definition) is 4. The lowest BCUT2D eigenvalue weighted by atomic mass is 10.0. The minimum atomic E-state index is -4.38. The zero-order valence-electron chi connectivity index (χ0n) is 19.5. The minimum absolute atomic E-state index is 0.0793. The summed E-state index contributed by atoms with van der Waals surface area (Å²) in [5, 5.41) is 9.54. The molecule has 0 fully saturated rings. The summed E-state index contributed by atoms with van der Waals surface area (Å²) in [5.74, 6) is -0.135. The van der Waals surface area contributed by atoms with E-state index in [1.165, 1.54) is 23.5 Å². The van der Waals surface area contributed by atoms with Crippen molar-refractivity contribution in [2.24, 2.45) is 0 Å². The molecule has 36 heavy (non-hydrogen) atoms. The highest BCUT2D eigenvalue weighted by atomic mass is 32.1. The van der Waals surface area contributed by atoms with Crippen LogP contribution in [0.5, 0.6) is 5.75 Å². The quantitative estimate of drug-likeness (QED) is 0.254. The number of aliphatic carboxylic acids is 1. The van der Waals surface area contributed by atoms with Crippen molar-refractivity contribution in [2.75, 3.05) is 6.61 Å². The largest absolute Gasteiger partial charge is 0.493 e. The molecule has 1 aromatic heterocycles. The SMILES string of the molecule is Cc1cc(OCCc2sc(-c3ccc(C(F)(F)F)cc3)nc2-c2ccccc2)ccc1CCC(=O)O. The van der Waals surface area contributed by atoms with E-state index in [4.69, 9.17) is 14.8 Å². The van der Waals surface area contributed by atoms with Crippen molar-refractivity contribution in [3.05, 3.63) is 94.4 Å². The molecule has 0 unspecified atom stereocenters. The summed E-state index contributed by atoms with van der Waals surface area (Å²) in [6, 6.07) is 20.3. The van der Waals surface area contributed by atoms with Gasteiger partial charge < -0.3 is 9.84 Å². The van der Waals surface area contributed by atoms with Crippen LogP contribution in [0.1, 0.15) is 28.0 Å². The fourth-order valence-electron chi connectivity index (χ4n) is 3.81. The third-order valence-corrected chi connectivity index (χ3v) is 6.89. The Balaban J connectivity index is 1.51. The summed E-state index contributed by atoms with van der Waals surface area (Å²) in [5.41, 5.74) is 3.61. The van der Waals surface area contributed by atoms with Crippen LogP contribution in [0.4, 0.5) is 13.2 Å². The molecule has 0 aliphatic carbocycles. The summed E-state index contributed by atoms with van der Waals surface area (Å²) in [6.07, 6.45) is -3.26. The average Bonchev–Trinajstić information content (AvgIpc) is 3.28. The molecular formula is C28H24F3NO3S. The maximum absolute atomic E-state index is 13.0. The number of carbonyl (C=O) groups is 1. The van der Waals surface area contributed by atoms with Gasteiger partial charge in [0, 0.05) is 28.8 Å². The Hall–Kier alpha value is -3.65. The van der Waals surface area contributed by atoms with Crippen molar-refractivity contribution in [1.82, 2.24) is 4.98 Å². The van der Waals surface area contributed by atoms with Crippen molar-refractivity contribution in [2.45, 2.75) is 32.4 Å². The van der Waals surface area contributed by atoms with Gasteiger partial charge in [-0.3, -0.25) is 4.79 Å². The smallest absolute Gasteiger partial charge is 0.416 e. The Morgan fingerprint density at radius 3 is 2.33 bits per heavy atom. The highest BCUT2D eigenvalue weighted by molar-refractivity contribution is 7.15. The highest BCUT2D eigenvalue weighted by Gasteiger charge is 2.30. The Morgan fingerprint density at radius 2 is 1.69 bits per heavy atom. The fourth-order valence-corrected chi connectivity index (χ4v) is 4.88. The number of benzene rings is 3. The van der Waals surface area contributed by atoms with Crippen molar-refractivity contribution in [3.8, 4) is 27.6 Å². The van der Waals surface area contributed by atoms with Crippen LogP contribution in [0.15, 0.2) is 72.8 Å². The van der Waals surface area contributed by atoms with E-state index in [0.29, 0.717) is 35.8 Å². The molecule has 0 saturated carbocycles. The number of aryl methyl sites for hydroxylation is 2. The lowest BCUT2D eigenvalue weighted by molar-refractivity contribution is -0.138. The van der Waals surface area contributed by atoms with E-state index in [1.54, 1.807) is 0 Å². The van der Waals surface area contributed by atoms with Crippen LogP contribution in [-0.4, -0.2) is 22.7 Å². The molecule has 0 bridgehead atoms. The lowest BCUT2D eigenvalue weighted by Crippen LogP contribution is -2.03. The van der Waals surface area contributed by atoms with Gasteiger partial charge >= 0.3 is 12.1 Å². The molecule has 3 aromatic carbocycles. The molecule has 4 nitrogen and oxygen atoms in total. The molecule has 0 atom stereocenters. The van der Waals surface area contributed by atoms with E-state index >= 15 is 0 Å². The number of nitrogens with zero attached hydrogens (tertiary/aromatic N) is 1. The average molecular weight is 512 g/mol. The standard InChI is InChI=1S/C28H24F3NO3S/c1-18-17-23(13-9-19(18)10-14-25(33)34)35-16-15-24-26(20-5-3-2-4-6-20)32-27(36-24)21-7-11-22(12-8-21)28(29,30)31/h2-9,11-13,17H,10,14-16H2,1H3,(H,33,34). The minimum Gasteiger partial charge on any atom is -0.493 e. The highest BCUT2D eigenvalue weighted by Crippen LogP contribution is 2.36. The van der Waals surface area contributed by atoms with Crippen LogP contribution in [-0.2, 0) is 23.8 Å². The van der Waals surface area contributed by atoms with E-state index in [2.05, 4.69) is 0 Å². The first-order chi connectivity index (χ1) is 17.2. The Morgan fingerprint density at radius 1 is 0.972 bits per heavy atom. The number of carboxylic acid groups (broad SMARTS) is 1. The number of thiazole rings is 1. The van der Waals surface area contributed by atoms with E-state index in [-0.39, 0.29) is 6.42 Å². The molecule has 8 heteroatoms. The van der Waals surface area contributed by atoms with Crippen molar-refractivity contribution in [3.63, 3.8) is 0 Å². The van der Waals surface area contributed by atoms with Crippen molar-refractivity contribution < 1.29 is 27.8 Å². The maximum Gasteiger partial charge on any atom is 0.416 e. The summed E-state index contributed by atoms with van der Waals surface area (Å²) >= 11 is 1.44. The second-order valence-electron chi connectivity index (χ2n) is 8.31. The van der Waals surface area contributed by atoms with Gasteiger partial charge in [0.25, 0.3) is 0 Å². The zero-order valence-corrected chi connectivity index (χ0v) is 20.3. The Labute approximate surface area is 211 Å². The van der Waals surface area contributed by atoms with Crippen LogP contribution in [0, 0.1) is 6.92 Å². The number of ether oxygens (including phenoxy) is 1. The predicted octanol–water partition coefficient (Wildman–Crippen LogP) is 7.44. The zero-order chi connectivity index (χ0) is 25.7. The molecule has 186 valence electrons. The van der Waals surface area contributed by atoms with Gasteiger partial charge in [-0.25, -0.2) is 4.98 Å². The van der Waals surface area contributed by atoms with Crippen LogP contribution in [0.3, 0.4) is 0 Å². The molecule has 1 N–H and O–H groups in total. The van der Waals surface area contributed by atoms with E-state index in [1.807, 2.05) is 55.5 Å². The molecule has 1 heterocycles. The van der Waals surface area contributed by atoms with Gasteiger partial charge in [-0.05, 0) is 48.7 Å². The van der Waals surface area contributed by atoms with Gasteiger partial charge in [0.05, 0.1) is 17.9 Å². The van der Waals surface area contributed by atoms with Crippen LogP contribution >= 0.6 is 11.3 Å². The molecule has 0 aliphatic rings. The van der Waals surface area contributed by atoms with Crippen molar-refractivity contribution >= 4 is 17.3 Å². The maximum atomic E-state index is 13.0. The summed E-state index contributed by atoms with van der Waals surface area (Å²) in [7, 11) is 0. The molecular weight excluding hydrogens is 487 g/mol. The number of carboxylic acids is 1. The monoisotopic (exact) mass is 511 g/mol. The number of halogens is 3. The number of rotatable bonds is 9. The topological polar surface area (TPSA) is 59.4 Å². The van der Waals surface area contributed by atoms with Gasteiger partial charge in [-0.15, -0.1) is 11.3 Å². The Bertz CT molecular complexity index is 1330. The van der Waals surface area contributed by atoms with E-state index in [9.17, 15) is 18.0 Å². The third-order valence-electron chi connectivity index (χ3n) is 5.72. The molecule has 0 amide bonds. The third kappa shape index (κ3) is 6.31. The first kappa shape index (κ1) is 25.4. The van der Waals surface area contributed by atoms with Gasteiger partial charge in [-0.1, -0.05) is 48.5 Å². The second-order valence-corrected chi connectivity index (χ2v) is 9.40. The first-order valence-electron chi connectivity index (χ1n) is 11.4. The number of aromatic nitrogens is 1. The second kappa shape index (κ2) is 11.0. The van der Waals surface area contributed by atoms with Crippen LogP contribution in [0.25, 0.3) is 21.8 Å². The fraction of sp³-hybridized carbons (Fsp3) is 0.214. The molecule has 0 spiro atoms. The van der Waals surface area contributed by atoms with Gasteiger partial charge in [0.15, 0.2) is 0 Å². The van der Waals surface area contributed by atoms with Crippen molar-refractivity contribution in [1.29, 1.82) is 0 Å². The predicted molar refractivity (Wildman–Crippen MR) is 134 cm³/mol. The van der Waals surface area contributed by atoms with Gasteiger partial charge in [0.2, 0.25) is 0 Å². The molecule has 4 rings (SSSR count). The molecule has 0 radical (unpaired) electrons. The van der Waals surface area contributed by atoms with Gasteiger partial charge in [0.1, 0.15) is 10.8 Å². The van der Waals surface area contributed by atoms with Gasteiger partial charge in [-0.2, -0.15) is 13.2 Å². The molecule has 0 saturated heterocycles. The van der Waals surface area contributed by atoms with Crippen LogP contribution in [0.2, 0.25) is 0 Å². The molecule has 0 aliphatic heterocycles. The first-order valence-corrected chi connectivity index (χ1v) is 12.2. The summed E-state index contributed by atoms with van der Waals surface area (Å²) < 4.78 is 44.8. The molecule has 4 aromatic rings. The van der Waals surface area contributed by atoms with E-state index < -0.39 is 17.7 Å². The number of hydrogen-bond donors (Lipinski definition) is 1. The lowest BCUT2D eigenvalue weighted by Gasteiger charge is -2.10. The summed E-state index contributed by atoms with van der Waals surface area (Å²) in [4.78, 5) is 16.6. The number of alkyl halides is 3. The van der Waals surface area contributed by atoms with E-state index in [0.717, 1.165) is 39.4 Å². The Kier molecular flexibility index (Phi) is 7.74. The normalized spacial score (nSPS) is 11.4. The summed E-state index contributed by atoms with van der Waals surface area (Å²) in [6.45, 7) is 2.32.